The number of ether oxygens (including phenoxy) is 2. The molecule has 19 heavy (non-hydrogen) atoms. The van der Waals surface area contributed by atoms with Crippen LogP contribution in [0.15, 0.2) is 18.2 Å². The largest absolute Gasteiger partial charge is 0.493 e. The minimum Gasteiger partial charge on any atom is -0.493 e. The molecule has 2 rings (SSSR count). The first-order valence-corrected chi connectivity index (χ1v) is 5.97. The van der Waals surface area contributed by atoms with Gasteiger partial charge in [0.2, 0.25) is 5.69 Å². The maximum absolute atomic E-state index is 10.9. The molecular formula is C11H11N3O4S. The highest BCUT2D eigenvalue weighted by atomic mass is 32.1. The van der Waals surface area contributed by atoms with Crippen molar-refractivity contribution in [3.05, 3.63) is 23.9 Å². The van der Waals surface area contributed by atoms with Gasteiger partial charge in [0.25, 0.3) is 0 Å². The van der Waals surface area contributed by atoms with E-state index in [9.17, 15) is 4.79 Å². The normalized spacial score (nSPS) is 10.0. The van der Waals surface area contributed by atoms with E-state index in [0.29, 0.717) is 22.2 Å². The average molecular weight is 281 g/mol. The summed E-state index contributed by atoms with van der Waals surface area (Å²) in [4.78, 5) is 10.9. The van der Waals surface area contributed by atoms with Gasteiger partial charge in [-0.05, 0) is 12.1 Å². The van der Waals surface area contributed by atoms with E-state index in [1.807, 2.05) is 0 Å². The number of rotatable bonds is 5. The zero-order valence-electron chi connectivity index (χ0n) is 10.2. The van der Waals surface area contributed by atoms with Gasteiger partial charge in [0.15, 0.2) is 11.5 Å². The number of hydrogen-bond donors (Lipinski definition) is 2. The third kappa shape index (κ3) is 2.74. The third-order valence-corrected chi connectivity index (χ3v) is 2.97. The second-order valence-corrected chi connectivity index (χ2v) is 4.20. The highest BCUT2D eigenvalue weighted by molar-refractivity contribution is 7.10. The summed E-state index contributed by atoms with van der Waals surface area (Å²) in [5, 5.41) is 15.8. The second-order valence-electron chi connectivity index (χ2n) is 3.45. The van der Waals surface area contributed by atoms with Gasteiger partial charge in [0, 0.05) is 23.3 Å². The fourth-order valence-electron chi connectivity index (χ4n) is 1.46. The Hall–Kier alpha value is -2.35. The molecular weight excluding hydrogens is 270 g/mol. The molecule has 0 spiro atoms. The van der Waals surface area contributed by atoms with E-state index in [0.717, 1.165) is 11.5 Å². The number of nitrogens with zero attached hydrogens (tertiary/aromatic N) is 2. The quantitative estimate of drug-likeness (QED) is 0.865. The summed E-state index contributed by atoms with van der Waals surface area (Å²) in [5.74, 6) is 0.00696. The summed E-state index contributed by atoms with van der Waals surface area (Å²) in [6, 6.07) is 5.16. The topological polar surface area (TPSA) is 93.6 Å². The fourth-order valence-corrected chi connectivity index (χ4v) is 2.04. The summed E-state index contributed by atoms with van der Waals surface area (Å²) >= 11 is 0.971. The fraction of sp³-hybridized carbons (Fsp3) is 0.182. The Morgan fingerprint density at radius 2 is 2.05 bits per heavy atom. The van der Waals surface area contributed by atoms with Crippen molar-refractivity contribution in [2.45, 2.75) is 0 Å². The first-order chi connectivity index (χ1) is 9.15. The van der Waals surface area contributed by atoms with E-state index >= 15 is 0 Å². The highest BCUT2D eigenvalue weighted by Crippen LogP contribution is 2.32. The molecule has 1 heterocycles. The van der Waals surface area contributed by atoms with E-state index in [1.165, 1.54) is 7.11 Å². The van der Waals surface area contributed by atoms with Gasteiger partial charge in [-0.15, -0.1) is 5.10 Å². The minimum atomic E-state index is -1.13. The highest BCUT2D eigenvalue weighted by Gasteiger charge is 2.15. The number of methoxy groups -OCH3 is 2. The minimum absolute atomic E-state index is 0.111. The zero-order chi connectivity index (χ0) is 13.8. The summed E-state index contributed by atoms with van der Waals surface area (Å²) < 4.78 is 13.9. The molecule has 0 saturated heterocycles. The SMILES string of the molecule is COc1ccc(Nc2snnc2C(=O)O)cc1OC. The van der Waals surface area contributed by atoms with Crippen molar-refractivity contribution in [2.24, 2.45) is 0 Å². The van der Waals surface area contributed by atoms with Crippen LogP contribution < -0.4 is 14.8 Å². The van der Waals surface area contributed by atoms with Crippen molar-refractivity contribution in [3.63, 3.8) is 0 Å². The molecule has 0 bridgehead atoms. The summed E-state index contributed by atoms with van der Waals surface area (Å²) in [6.07, 6.45) is 0. The Bertz CT molecular complexity index is 599. The number of hydrogen-bond acceptors (Lipinski definition) is 7. The molecule has 2 aromatic rings. The molecule has 0 unspecified atom stereocenters. The molecule has 100 valence electrons. The molecule has 0 fully saturated rings. The van der Waals surface area contributed by atoms with Crippen molar-refractivity contribution in [2.75, 3.05) is 19.5 Å². The molecule has 0 aliphatic carbocycles. The molecule has 0 aliphatic rings. The lowest BCUT2D eigenvalue weighted by atomic mass is 10.2. The van der Waals surface area contributed by atoms with Gasteiger partial charge in [-0.25, -0.2) is 4.79 Å². The van der Waals surface area contributed by atoms with E-state index in [2.05, 4.69) is 14.9 Å². The maximum atomic E-state index is 10.9. The second kappa shape index (κ2) is 5.53. The van der Waals surface area contributed by atoms with E-state index in [4.69, 9.17) is 14.6 Å². The van der Waals surface area contributed by atoms with E-state index < -0.39 is 5.97 Å². The number of carboxylic acids is 1. The Balaban J connectivity index is 2.28. The van der Waals surface area contributed by atoms with Crippen LogP contribution in [0.1, 0.15) is 10.5 Å². The van der Waals surface area contributed by atoms with Crippen LogP contribution in [0.25, 0.3) is 0 Å². The lowest BCUT2D eigenvalue weighted by molar-refractivity contribution is 0.0691. The average Bonchev–Trinajstić information content (AvgIpc) is 2.87. The number of carboxylic acid groups (broad SMARTS) is 1. The van der Waals surface area contributed by atoms with Crippen LogP contribution in [0.2, 0.25) is 0 Å². The molecule has 0 radical (unpaired) electrons. The van der Waals surface area contributed by atoms with E-state index in [1.54, 1.807) is 25.3 Å². The van der Waals surface area contributed by atoms with Crippen LogP contribution in [0.5, 0.6) is 11.5 Å². The Morgan fingerprint density at radius 3 is 2.68 bits per heavy atom. The zero-order valence-corrected chi connectivity index (χ0v) is 11.0. The molecule has 0 atom stereocenters. The van der Waals surface area contributed by atoms with E-state index in [-0.39, 0.29) is 5.69 Å². The first kappa shape index (κ1) is 13.1. The Kier molecular flexibility index (Phi) is 3.81. The van der Waals surface area contributed by atoms with Crippen LogP contribution in [0.4, 0.5) is 10.7 Å². The predicted molar refractivity (Wildman–Crippen MR) is 69.7 cm³/mol. The van der Waals surface area contributed by atoms with Crippen molar-refractivity contribution in [3.8, 4) is 11.5 Å². The van der Waals surface area contributed by atoms with Gasteiger partial charge in [-0.3, -0.25) is 0 Å². The molecule has 8 heteroatoms. The van der Waals surface area contributed by atoms with Gasteiger partial charge >= 0.3 is 5.97 Å². The molecule has 0 saturated carbocycles. The van der Waals surface area contributed by atoms with Gasteiger partial charge < -0.3 is 19.9 Å². The Labute approximate surface area is 113 Å². The number of benzene rings is 1. The third-order valence-electron chi connectivity index (χ3n) is 2.33. The Morgan fingerprint density at radius 1 is 1.32 bits per heavy atom. The standard InChI is InChI=1S/C11H11N3O4S/c1-17-7-4-3-6(5-8(7)18-2)12-10-9(11(15)16)13-14-19-10/h3-5,12H,1-2H3,(H,15,16). The van der Waals surface area contributed by atoms with Crippen molar-refractivity contribution >= 4 is 28.2 Å². The van der Waals surface area contributed by atoms with Crippen LogP contribution in [0, 0.1) is 0 Å². The summed E-state index contributed by atoms with van der Waals surface area (Å²) in [7, 11) is 3.07. The lowest BCUT2D eigenvalue weighted by Gasteiger charge is -2.10. The first-order valence-electron chi connectivity index (χ1n) is 5.20. The van der Waals surface area contributed by atoms with Crippen molar-refractivity contribution in [1.82, 2.24) is 9.59 Å². The molecule has 0 aliphatic heterocycles. The maximum Gasteiger partial charge on any atom is 0.359 e. The van der Waals surface area contributed by atoms with Gasteiger partial charge in [0.05, 0.1) is 14.2 Å². The van der Waals surface area contributed by atoms with Crippen molar-refractivity contribution in [1.29, 1.82) is 0 Å². The number of aromatic carboxylic acids is 1. The summed E-state index contributed by atoms with van der Waals surface area (Å²) in [6.45, 7) is 0. The molecule has 1 aromatic heterocycles. The lowest BCUT2D eigenvalue weighted by Crippen LogP contribution is -2.01. The molecule has 1 aromatic carbocycles. The number of nitrogens with one attached hydrogen (secondary N) is 1. The molecule has 2 N–H and O–H groups in total. The number of aromatic nitrogens is 2. The van der Waals surface area contributed by atoms with Gasteiger partial charge in [0.1, 0.15) is 5.00 Å². The number of carbonyl (C=O) groups is 1. The van der Waals surface area contributed by atoms with Crippen LogP contribution in [-0.2, 0) is 0 Å². The number of anilines is 2. The summed E-state index contributed by atoms with van der Waals surface area (Å²) in [5.41, 5.74) is 0.547. The van der Waals surface area contributed by atoms with Crippen LogP contribution in [0.3, 0.4) is 0 Å². The van der Waals surface area contributed by atoms with Crippen LogP contribution in [-0.4, -0.2) is 34.9 Å². The monoisotopic (exact) mass is 281 g/mol. The van der Waals surface area contributed by atoms with Crippen molar-refractivity contribution < 1.29 is 19.4 Å². The smallest absolute Gasteiger partial charge is 0.359 e. The molecule has 7 nitrogen and oxygen atoms in total. The molecule has 0 amide bonds. The van der Waals surface area contributed by atoms with Crippen LogP contribution >= 0.6 is 11.5 Å². The predicted octanol–water partition coefficient (Wildman–Crippen LogP) is 2.00. The van der Waals surface area contributed by atoms with Gasteiger partial charge in [-0.1, -0.05) is 4.49 Å². The van der Waals surface area contributed by atoms with Gasteiger partial charge in [-0.2, -0.15) is 0 Å².